The molecule has 3 aromatic carbocycles. The van der Waals surface area contributed by atoms with Crippen LogP contribution in [0.4, 0.5) is 0 Å². The first kappa shape index (κ1) is 19.2. The molecule has 5 nitrogen and oxygen atoms in total. The van der Waals surface area contributed by atoms with E-state index < -0.39 is 0 Å². The third-order valence-electron chi connectivity index (χ3n) is 4.82. The highest BCUT2D eigenvalue weighted by atomic mass is 16.5. The third-order valence-corrected chi connectivity index (χ3v) is 4.82. The number of hydrogen-bond donors (Lipinski definition) is 0. The molecule has 3 aromatic rings. The van der Waals surface area contributed by atoms with Crippen molar-refractivity contribution in [2.24, 2.45) is 4.99 Å². The van der Waals surface area contributed by atoms with Crippen molar-refractivity contribution in [1.29, 1.82) is 5.26 Å². The second-order valence-corrected chi connectivity index (χ2v) is 6.80. The molecule has 1 heterocycles. The first-order valence-electron chi connectivity index (χ1n) is 9.49. The van der Waals surface area contributed by atoms with Gasteiger partial charge in [-0.15, -0.1) is 0 Å². The summed E-state index contributed by atoms with van der Waals surface area (Å²) < 4.78 is 5.19. The van der Waals surface area contributed by atoms with Gasteiger partial charge in [-0.1, -0.05) is 42.5 Å². The van der Waals surface area contributed by atoms with Crippen LogP contribution >= 0.6 is 0 Å². The van der Waals surface area contributed by atoms with Crippen LogP contribution in [0.5, 0.6) is 5.75 Å². The van der Waals surface area contributed by atoms with Crippen LogP contribution in [0.25, 0.3) is 6.08 Å². The van der Waals surface area contributed by atoms with Gasteiger partial charge in [0.2, 0.25) is 0 Å². The van der Waals surface area contributed by atoms with Crippen molar-refractivity contribution in [3.63, 3.8) is 0 Å². The van der Waals surface area contributed by atoms with E-state index in [1.807, 2.05) is 66.7 Å². The summed E-state index contributed by atoms with van der Waals surface area (Å²) in [4.78, 5) is 19.5. The SMILES string of the molecule is COc1ccc(/C=C2/N=C(c3ccc(C#N)cc3)N(Cc3ccccc3)C2=O)cc1. The van der Waals surface area contributed by atoms with Gasteiger partial charge in [0.25, 0.3) is 5.91 Å². The van der Waals surface area contributed by atoms with Crippen molar-refractivity contribution in [3.05, 3.63) is 107 Å². The van der Waals surface area contributed by atoms with Crippen LogP contribution in [0.2, 0.25) is 0 Å². The van der Waals surface area contributed by atoms with E-state index in [9.17, 15) is 4.79 Å². The van der Waals surface area contributed by atoms with Crippen molar-refractivity contribution >= 4 is 17.8 Å². The number of hydrogen-bond acceptors (Lipinski definition) is 4. The van der Waals surface area contributed by atoms with E-state index in [1.54, 1.807) is 30.2 Å². The fourth-order valence-electron chi connectivity index (χ4n) is 3.24. The molecule has 0 N–H and O–H groups in total. The Kier molecular flexibility index (Phi) is 5.40. The lowest BCUT2D eigenvalue weighted by Gasteiger charge is -2.18. The molecule has 1 aliphatic rings. The molecular formula is C25H19N3O2. The summed E-state index contributed by atoms with van der Waals surface area (Å²) in [5.41, 5.74) is 3.60. The summed E-state index contributed by atoms with van der Waals surface area (Å²) in [5.74, 6) is 1.17. The maximum absolute atomic E-state index is 13.2. The Bertz CT molecular complexity index is 1160. The summed E-state index contributed by atoms with van der Waals surface area (Å²) in [6.07, 6.45) is 1.77. The summed E-state index contributed by atoms with van der Waals surface area (Å²) in [6.45, 7) is 0.415. The van der Waals surface area contributed by atoms with Gasteiger partial charge in [-0.25, -0.2) is 4.99 Å². The van der Waals surface area contributed by atoms with Gasteiger partial charge in [0, 0.05) is 5.56 Å². The van der Waals surface area contributed by atoms with Crippen LogP contribution < -0.4 is 4.74 Å². The van der Waals surface area contributed by atoms with Gasteiger partial charge in [-0.3, -0.25) is 9.69 Å². The summed E-state index contributed by atoms with van der Waals surface area (Å²) in [7, 11) is 1.61. The zero-order valence-corrected chi connectivity index (χ0v) is 16.4. The zero-order chi connectivity index (χ0) is 20.9. The molecule has 0 aliphatic carbocycles. The van der Waals surface area contributed by atoms with Gasteiger partial charge in [0.15, 0.2) is 0 Å². The molecule has 0 fully saturated rings. The van der Waals surface area contributed by atoms with Crippen LogP contribution in [0.15, 0.2) is 89.6 Å². The molecule has 0 bridgehead atoms. The van der Waals surface area contributed by atoms with Gasteiger partial charge in [-0.2, -0.15) is 5.26 Å². The molecule has 1 aliphatic heterocycles. The highest BCUT2D eigenvalue weighted by Crippen LogP contribution is 2.25. The van der Waals surface area contributed by atoms with Gasteiger partial charge in [0.05, 0.1) is 25.3 Å². The number of benzene rings is 3. The molecule has 0 atom stereocenters. The molecular weight excluding hydrogens is 374 g/mol. The molecule has 0 saturated heterocycles. The van der Waals surface area contributed by atoms with Crippen molar-refractivity contribution in [3.8, 4) is 11.8 Å². The highest BCUT2D eigenvalue weighted by Gasteiger charge is 2.31. The maximum Gasteiger partial charge on any atom is 0.278 e. The van der Waals surface area contributed by atoms with Gasteiger partial charge < -0.3 is 4.74 Å². The molecule has 1 amide bonds. The van der Waals surface area contributed by atoms with E-state index in [4.69, 9.17) is 10.00 Å². The molecule has 30 heavy (non-hydrogen) atoms. The smallest absolute Gasteiger partial charge is 0.278 e. The number of ether oxygens (including phenoxy) is 1. The van der Waals surface area contributed by atoms with Gasteiger partial charge in [0.1, 0.15) is 17.3 Å². The van der Waals surface area contributed by atoms with Crippen LogP contribution in [-0.2, 0) is 11.3 Å². The number of nitriles is 1. The van der Waals surface area contributed by atoms with E-state index >= 15 is 0 Å². The monoisotopic (exact) mass is 393 g/mol. The Hall–Kier alpha value is -4.17. The largest absolute Gasteiger partial charge is 0.497 e. The first-order chi connectivity index (χ1) is 14.7. The van der Waals surface area contributed by atoms with Crippen molar-refractivity contribution < 1.29 is 9.53 Å². The number of amidine groups is 1. The Morgan fingerprint density at radius 2 is 1.70 bits per heavy atom. The Morgan fingerprint density at radius 3 is 2.33 bits per heavy atom. The van der Waals surface area contributed by atoms with E-state index in [1.165, 1.54) is 0 Å². The van der Waals surface area contributed by atoms with Crippen LogP contribution in [0, 0.1) is 11.3 Å². The predicted octanol–water partition coefficient (Wildman–Crippen LogP) is 4.40. The fraction of sp³-hybridized carbons (Fsp3) is 0.0800. The fourth-order valence-corrected chi connectivity index (χ4v) is 3.24. The first-order valence-corrected chi connectivity index (χ1v) is 9.49. The van der Waals surface area contributed by atoms with Crippen molar-refractivity contribution in [1.82, 2.24) is 4.90 Å². The number of amides is 1. The number of aliphatic imine (C=N–C) groups is 1. The van der Waals surface area contributed by atoms with E-state index in [-0.39, 0.29) is 5.91 Å². The van der Waals surface area contributed by atoms with E-state index in [2.05, 4.69) is 11.1 Å². The summed E-state index contributed by atoms with van der Waals surface area (Å²) in [6, 6.07) is 26.5. The number of carbonyl (C=O) groups is 1. The minimum atomic E-state index is -0.158. The Balaban J connectivity index is 1.72. The quantitative estimate of drug-likeness (QED) is 0.604. The molecule has 0 spiro atoms. The highest BCUT2D eigenvalue weighted by molar-refractivity contribution is 6.19. The van der Waals surface area contributed by atoms with Gasteiger partial charge in [-0.05, 0) is 53.6 Å². The number of methoxy groups -OCH3 is 1. The topological polar surface area (TPSA) is 65.7 Å². The molecule has 4 rings (SSSR count). The standard InChI is InChI=1S/C25H19N3O2/c1-30-22-13-9-18(10-14-22)15-23-25(29)28(17-20-5-3-2-4-6-20)24(27-23)21-11-7-19(16-26)8-12-21/h2-15H,17H2,1H3/b23-15+. The lowest BCUT2D eigenvalue weighted by Crippen LogP contribution is -2.32. The lowest BCUT2D eigenvalue weighted by atomic mass is 10.1. The molecule has 0 saturated carbocycles. The van der Waals surface area contributed by atoms with Crippen molar-refractivity contribution in [2.45, 2.75) is 6.54 Å². The zero-order valence-electron chi connectivity index (χ0n) is 16.4. The molecule has 146 valence electrons. The molecule has 0 aromatic heterocycles. The molecule has 0 radical (unpaired) electrons. The molecule has 0 unspecified atom stereocenters. The normalized spacial score (nSPS) is 14.5. The number of nitrogens with zero attached hydrogens (tertiary/aromatic N) is 3. The van der Waals surface area contributed by atoms with Crippen LogP contribution in [-0.4, -0.2) is 23.8 Å². The lowest BCUT2D eigenvalue weighted by molar-refractivity contribution is -0.123. The van der Waals surface area contributed by atoms with Crippen molar-refractivity contribution in [2.75, 3.05) is 7.11 Å². The molecule has 5 heteroatoms. The summed E-state index contributed by atoms with van der Waals surface area (Å²) in [5, 5.41) is 9.06. The number of carbonyl (C=O) groups excluding carboxylic acids is 1. The van der Waals surface area contributed by atoms with E-state index in [0.717, 1.165) is 22.4 Å². The predicted molar refractivity (Wildman–Crippen MR) is 116 cm³/mol. The minimum absolute atomic E-state index is 0.158. The maximum atomic E-state index is 13.2. The average Bonchev–Trinajstić information content (AvgIpc) is 3.10. The van der Waals surface area contributed by atoms with Gasteiger partial charge >= 0.3 is 0 Å². The number of rotatable bonds is 5. The summed E-state index contributed by atoms with van der Waals surface area (Å²) >= 11 is 0. The van der Waals surface area contributed by atoms with Crippen LogP contribution in [0.3, 0.4) is 0 Å². The Morgan fingerprint density at radius 1 is 1.00 bits per heavy atom. The van der Waals surface area contributed by atoms with E-state index in [0.29, 0.717) is 23.6 Å². The third kappa shape index (κ3) is 3.98. The van der Waals surface area contributed by atoms with Crippen LogP contribution in [0.1, 0.15) is 22.3 Å². The average molecular weight is 393 g/mol. The second-order valence-electron chi connectivity index (χ2n) is 6.80. The second kappa shape index (κ2) is 8.46. The Labute approximate surface area is 175 Å². The minimum Gasteiger partial charge on any atom is -0.497 e.